The lowest BCUT2D eigenvalue weighted by Crippen LogP contribution is -2.25. The first-order chi connectivity index (χ1) is 12.3. The van der Waals surface area contributed by atoms with Crippen LogP contribution in [0, 0.1) is 13.8 Å². The Morgan fingerprint density at radius 2 is 2.00 bits per heavy atom. The molecule has 1 atom stereocenters. The van der Waals surface area contributed by atoms with Crippen molar-refractivity contribution in [3.05, 3.63) is 63.1 Å². The summed E-state index contributed by atoms with van der Waals surface area (Å²) in [6.07, 6.45) is 3.44. The molecule has 2 aromatic heterocycles. The highest BCUT2D eigenvalue weighted by Crippen LogP contribution is 2.23. The summed E-state index contributed by atoms with van der Waals surface area (Å²) in [5.41, 5.74) is 3.51. The Hall–Kier alpha value is -2.12. The molecular weight excluding hydrogens is 418 g/mol. The third kappa shape index (κ3) is 3.99. The van der Waals surface area contributed by atoms with E-state index in [-0.39, 0.29) is 5.91 Å². The number of anilines is 1. The van der Waals surface area contributed by atoms with Crippen molar-refractivity contribution in [3.8, 4) is 0 Å². The molecule has 1 aromatic carbocycles. The van der Waals surface area contributed by atoms with E-state index >= 15 is 0 Å². The maximum Gasteiger partial charge on any atom is 0.249 e. The third-order valence-electron chi connectivity index (χ3n) is 4.14. The van der Waals surface area contributed by atoms with E-state index in [0.29, 0.717) is 17.3 Å². The Kier molecular flexibility index (Phi) is 5.48. The molecule has 0 radical (unpaired) electrons. The molecule has 1 N–H and O–H groups in total. The second-order valence-corrected chi connectivity index (χ2v) is 7.38. The summed E-state index contributed by atoms with van der Waals surface area (Å²) in [7, 11) is 0. The number of hydrogen-bond acceptors (Lipinski definition) is 3. The highest BCUT2D eigenvalue weighted by molar-refractivity contribution is 9.10. The van der Waals surface area contributed by atoms with Crippen LogP contribution in [0.2, 0.25) is 5.02 Å². The van der Waals surface area contributed by atoms with Crippen molar-refractivity contribution >= 4 is 39.1 Å². The summed E-state index contributed by atoms with van der Waals surface area (Å²) in [6.45, 7) is 6.25. The Morgan fingerprint density at radius 1 is 1.31 bits per heavy atom. The van der Waals surface area contributed by atoms with Crippen molar-refractivity contribution in [3.63, 3.8) is 0 Å². The molecule has 26 heavy (non-hydrogen) atoms. The van der Waals surface area contributed by atoms with E-state index in [2.05, 4.69) is 31.4 Å². The molecule has 3 aromatic rings. The van der Waals surface area contributed by atoms with Gasteiger partial charge in [-0.05, 0) is 54.4 Å². The van der Waals surface area contributed by atoms with E-state index in [1.807, 2.05) is 45.0 Å². The number of carbonyl (C=O) groups is 1. The molecule has 1 unspecified atom stereocenters. The van der Waals surface area contributed by atoms with Crippen LogP contribution in [-0.2, 0) is 11.3 Å². The molecule has 0 saturated carbocycles. The van der Waals surface area contributed by atoms with Crippen molar-refractivity contribution in [1.29, 1.82) is 0 Å². The summed E-state index contributed by atoms with van der Waals surface area (Å²) >= 11 is 9.39. The topological polar surface area (TPSA) is 64.7 Å². The van der Waals surface area contributed by atoms with Gasteiger partial charge in [0.25, 0.3) is 0 Å². The normalized spacial score (nSPS) is 12.2. The monoisotopic (exact) mass is 435 g/mol. The zero-order valence-electron chi connectivity index (χ0n) is 14.7. The van der Waals surface area contributed by atoms with Crippen LogP contribution in [0.3, 0.4) is 0 Å². The Morgan fingerprint density at radius 3 is 2.62 bits per heavy atom. The molecular formula is C18H19BrClN5O. The van der Waals surface area contributed by atoms with Crippen molar-refractivity contribution in [2.24, 2.45) is 0 Å². The largest absolute Gasteiger partial charge is 0.322 e. The molecule has 0 aliphatic carbocycles. The first kappa shape index (κ1) is 18.7. The van der Waals surface area contributed by atoms with E-state index < -0.39 is 6.04 Å². The van der Waals surface area contributed by atoms with Crippen LogP contribution < -0.4 is 5.32 Å². The van der Waals surface area contributed by atoms with Gasteiger partial charge in [-0.2, -0.15) is 10.2 Å². The fourth-order valence-electron chi connectivity index (χ4n) is 2.67. The van der Waals surface area contributed by atoms with Gasteiger partial charge in [0, 0.05) is 11.2 Å². The minimum atomic E-state index is -0.431. The predicted octanol–water partition coefficient (Wildman–Crippen LogP) is 4.36. The van der Waals surface area contributed by atoms with Crippen LogP contribution in [0.1, 0.15) is 29.9 Å². The number of carbonyl (C=O) groups excluding carboxylic acids is 1. The van der Waals surface area contributed by atoms with Crippen molar-refractivity contribution in [2.75, 3.05) is 5.32 Å². The Labute approximate surface area is 165 Å². The highest BCUT2D eigenvalue weighted by Gasteiger charge is 2.20. The van der Waals surface area contributed by atoms with E-state index in [1.54, 1.807) is 21.8 Å². The second-order valence-electron chi connectivity index (χ2n) is 6.15. The highest BCUT2D eigenvalue weighted by atomic mass is 79.9. The van der Waals surface area contributed by atoms with Gasteiger partial charge in [-0.3, -0.25) is 14.2 Å². The predicted molar refractivity (Wildman–Crippen MR) is 106 cm³/mol. The van der Waals surface area contributed by atoms with Crippen LogP contribution in [0.15, 0.2) is 41.1 Å². The van der Waals surface area contributed by atoms with Crippen LogP contribution in [0.4, 0.5) is 5.69 Å². The summed E-state index contributed by atoms with van der Waals surface area (Å²) in [4.78, 5) is 12.6. The number of halogens is 2. The minimum Gasteiger partial charge on any atom is -0.322 e. The minimum absolute atomic E-state index is 0.144. The zero-order chi connectivity index (χ0) is 18.8. The van der Waals surface area contributed by atoms with Gasteiger partial charge in [0.2, 0.25) is 5.91 Å². The van der Waals surface area contributed by atoms with Gasteiger partial charge in [0.05, 0.1) is 34.3 Å². The SMILES string of the molecule is Cc1nn(C(C)C(=O)Nc2cnn(Cc3ccc(Cl)cc3)c2)c(C)c1Br. The number of nitrogens with one attached hydrogen (secondary N) is 1. The molecule has 0 aliphatic heterocycles. The van der Waals surface area contributed by atoms with Crippen LogP contribution in [-0.4, -0.2) is 25.5 Å². The van der Waals surface area contributed by atoms with E-state index in [9.17, 15) is 4.79 Å². The first-order valence-corrected chi connectivity index (χ1v) is 9.31. The van der Waals surface area contributed by atoms with Gasteiger partial charge in [0.15, 0.2) is 0 Å². The lowest BCUT2D eigenvalue weighted by atomic mass is 10.2. The van der Waals surface area contributed by atoms with E-state index in [0.717, 1.165) is 21.4 Å². The molecule has 8 heteroatoms. The van der Waals surface area contributed by atoms with Crippen LogP contribution in [0.5, 0.6) is 0 Å². The molecule has 0 fully saturated rings. The summed E-state index contributed by atoms with van der Waals surface area (Å²) < 4.78 is 4.41. The average molecular weight is 437 g/mol. The van der Waals surface area contributed by atoms with Crippen molar-refractivity contribution < 1.29 is 4.79 Å². The molecule has 0 spiro atoms. The molecule has 0 bridgehead atoms. The summed E-state index contributed by atoms with van der Waals surface area (Å²) in [6, 6.07) is 7.16. The molecule has 3 rings (SSSR count). The molecule has 0 saturated heterocycles. The number of amides is 1. The zero-order valence-corrected chi connectivity index (χ0v) is 17.0. The number of aromatic nitrogens is 4. The maximum atomic E-state index is 12.6. The number of aryl methyl sites for hydroxylation is 1. The van der Waals surface area contributed by atoms with Gasteiger partial charge in [-0.1, -0.05) is 23.7 Å². The molecule has 2 heterocycles. The smallest absolute Gasteiger partial charge is 0.249 e. The number of nitrogens with zero attached hydrogens (tertiary/aromatic N) is 4. The second kappa shape index (κ2) is 7.63. The standard InChI is InChI=1S/C18H19BrClN5O/c1-11-17(19)12(2)25(23-11)13(3)18(26)22-16-8-21-24(10-16)9-14-4-6-15(20)7-5-14/h4-8,10,13H,9H2,1-3H3,(H,22,26). The van der Waals surface area contributed by atoms with E-state index in [1.165, 1.54) is 0 Å². The fourth-order valence-corrected chi connectivity index (χ4v) is 3.06. The van der Waals surface area contributed by atoms with Gasteiger partial charge < -0.3 is 5.32 Å². The number of benzene rings is 1. The number of rotatable bonds is 5. The molecule has 6 nitrogen and oxygen atoms in total. The maximum absolute atomic E-state index is 12.6. The lowest BCUT2D eigenvalue weighted by Gasteiger charge is -2.13. The molecule has 1 amide bonds. The average Bonchev–Trinajstić information content (AvgIpc) is 3.15. The first-order valence-electron chi connectivity index (χ1n) is 8.14. The van der Waals surface area contributed by atoms with E-state index in [4.69, 9.17) is 11.6 Å². The lowest BCUT2D eigenvalue weighted by molar-refractivity contribution is -0.119. The third-order valence-corrected chi connectivity index (χ3v) is 5.54. The van der Waals surface area contributed by atoms with Crippen molar-refractivity contribution in [1.82, 2.24) is 19.6 Å². The fraction of sp³-hybridized carbons (Fsp3) is 0.278. The van der Waals surface area contributed by atoms with Gasteiger partial charge >= 0.3 is 0 Å². The van der Waals surface area contributed by atoms with Gasteiger partial charge in [-0.25, -0.2) is 0 Å². The Balaban J connectivity index is 1.67. The van der Waals surface area contributed by atoms with Crippen LogP contribution in [0.25, 0.3) is 0 Å². The van der Waals surface area contributed by atoms with Gasteiger partial charge in [-0.15, -0.1) is 0 Å². The van der Waals surface area contributed by atoms with Crippen LogP contribution >= 0.6 is 27.5 Å². The summed E-state index contributed by atoms with van der Waals surface area (Å²) in [5, 5.41) is 12.3. The number of hydrogen-bond donors (Lipinski definition) is 1. The molecule has 0 aliphatic rings. The molecule has 136 valence electrons. The quantitative estimate of drug-likeness (QED) is 0.646. The Bertz CT molecular complexity index is 932. The summed E-state index contributed by atoms with van der Waals surface area (Å²) in [5.74, 6) is -0.144. The van der Waals surface area contributed by atoms with Gasteiger partial charge in [0.1, 0.15) is 6.04 Å². The van der Waals surface area contributed by atoms with Crippen molar-refractivity contribution in [2.45, 2.75) is 33.4 Å².